The van der Waals surface area contributed by atoms with Crippen molar-refractivity contribution in [3.63, 3.8) is 0 Å². The van der Waals surface area contributed by atoms with Crippen molar-refractivity contribution in [2.75, 3.05) is 31.8 Å². The van der Waals surface area contributed by atoms with Gasteiger partial charge in [-0.2, -0.15) is 0 Å². The molecular formula is C31H28Cl2F2N4O4. The number of fused-ring (bicyclic) bond motifs is 1. The van der Waals surface area contributed by atoms with Gasteiger partial charge in [0.1, 0.15) is 5.75 Å². The van der Waals surface area contributed by atoms with Crippen LogP contribution in [0.4, 0.5) is 14.5 Å². The summed E-state index contributed by atoms with van der Waals surface area (Å²) >= 11 is 13.0. The quantitative estimate of drug-likeness (QED) is 0.298. The number of ether oxygens (including phenoxy) is 1. The van der Waals surface area contributed by atoms with Gasteiger partial charge in [-0.1, -0.05) is 47.5 Å². The Bertz CT molecular complexity index is 1630. The van der Waals surface area contributed by atoms with Gasteiger partial charge in [0.05, 0.1) is 33.4 Å². The number of rotatable bonds is 6. The summed E-state index contributed by atoms with van der Waals surface area (Å²) in [6.07, 6.45) is 2.23. The third kappa shape index (κ3) is 6.16. The van der Waals surface area contributed by atoms with Gasteiger partial charge in [0, 0.05) is 62.1 Å². The number of carbonyl (C=O) groups excluding carboxylic acids is 1. The van der Waals surface area contributed by atoms with E-state index < -0.39 is 17.8 Å². The molecule has 0 atom stereocenters. The molecule has 0 unspecified atom stereocenters. The Morgan fingerprint density at radius 3 is 2.42 bits per heavy atom. The van der Waals surface area contributed by atoms with E-state index in [9.17, 15) is 23.5 Å². The zero-order valence-corrected chi connectivity index (χ0v) is 24.6. The molecule has 0 saturated carbocycles. The van der Waals surface area contributed by atoms with Crippen LogP contribution in [0.1, 0.15) is 44.7 Å². The lowest BCUT2D eigenvalue weighted by molar-refractivity contribution is -0.0220. The van der Waals surface area contributed by atoms with E-state index in [2.05, 4.69) is 4.99 Å². The molecule has 0 bridgehead atoms. The monoisotopic (exact) mass is 628 g/mol. The fourth-order valence-electron chi connectivity index (χ4n) is 5.30. The van der Waals surface area contributed by atoms with Crippen molar-refractivity contribution in [3.05, 3.63) is 87.0 Å². The van der Waals surface area contributed by atoms with Crippen molar-refractivity contribution in [3.8, 4) is 16.9 Å². The van der Waals surface area contributed by atoms with E-state index in [0.717, 1.165) is 5.56 Å². The Morgan fingerprint density at radius 1 is 1.09 bits per heavy atom. The van der Waals surface area contributed by atoms with Gasteiger partial charge in [-0.15, -0.1) is 0 Å². The van der Waals surface area contributed by atoms with Crippen LogP contribution in [0.2, 0.25) is 10.0 Å². The zero-order chi connectivity index (χ0) is 30.9. The number of nitrogens with two attached hydrogens (primary N) is 1. The number of anilines is 1. The first-order valence-electron chi connectivity index (χ1n) is 13.4. The van der Waals surface area contributed by atoms with Crippen LogP contribution in [0.25, 0.3) is 16.7 Å². The Kier molecular flexibility index (Phi) is 8.62. The molecule has 2 aliphatic heterocycles. The second-order valence-corrected chi connectivity index (χ2v) is 11.1. The number of alkyl halides is 2. The van der Waals surface area contributed by atoms with Crippen LogP contribution in [0.5, 0.6) is 5.75 Å². The third-order valence-corrected chi connectivity index (χ3v) is 8.12. The van der Waals surface area contributed by atoms with Crippen LogP contribution in [0.15, 0.2) is 59.7 Å². The summed E-state index contributed by atoms with van der Waals surface area (Å²) in [7, 11) is 1.60. The molecule has 1 saturated heterocycles. The number of hydrogen-bond acceptors (Lipinski definition) is 6. The maximum atomic E-state index is 13.8. The predicted molar refractivity (Wildman–Crippen MR) is 164 cm³/mol. The third-order valence-electron chi connectivity index (χ3n) is 7.52. The maximum Gasteiger partial charge on any atom is 0.337 e. The van der Waals surface area contributed by atoms with E-state index in [-0.39, 0.29) is 60.4 Å². The number of aliphatic imine (C=N–C) groups is 1. The highest BCUT2D eigenvalue weighted by Gasteiger charge is 2.35. The molecule has 3 aromatic rings. The van der Waals surface area contributed by atoms with Crippen molar-refractivity contribution in [1.82, 2.24) is 4.90 Å². The summed E-state index contributed by atoms with van der Waals surface area (Å²) in [6.45, 7) is 0.196. The summed E-state index contributed by atoms with van der Waals surface area (Å²) < 4.78 is 33.7. The normalized spacial score (nSPS) is 16.6. The van der Waals surface area contributed by atoms with Crippen molar-refractivity contribution >= 4 is 52.6 Å². The Balaban J connectivity index is 1.43. The van der Waals surface area contributed by atoms with E-state index in [4.69, 9.17) is 33.7 Å². The molecule has 1 amide bonds. The van der Waals surface area contributed by atoms with Crippen LogP contribution in [0.3, 0.4) is 0 Å². The molecule has 0 aliphatic carbocycles. The van der Waals surface area contributed by atoms with E-state index >= 15 is 0 Å². The molecule has 0 aromatic heterocycles. The minimum Gasteiger partial charge on any atom is -0.478 e. The molecule has 0 spiro atoms. The van der Waals surface area contributed by atoms with Gasteiger partial charge in [-0.3, -0.25) is 9.79 Å². The fraction of sp³-hybridized carbons (Fsp3) is 0.258. The Morgan fingerprint density at radius 2 is 1.79 bits per heavy atom. The first-order chi connectivity index (χ1) is 20.5. The van der Waals surface area contributed by atoms with Crippen molar-refractivity contribution in [1.29, 1.82) is 0 Å². The molecular weight excluding hydrogens is 601 g/mol. The molecule has 2 heterocycles. The smallest absolute Gasteiger partial charge is 0.337 e. The maximum absolute atomic E-state index is 13.8. The molecule has 224 valence electrons. The topological polar surface area (TPSA) is 108 Å². The van der Waals surface area contributed by atoms with E-state index in [1.807, 2.05) is 18.2 Å². The molecule has 43 heavy (non-hydrogen) atoms. The van der Waals surface area contributed by atoms with Crippen molar-refractivity contribution in [2.45, 2.75) is 25.3 Å². The summed E-state index contributed by atoms with van der Waals surface area (Å²) in [5.41, 5.74) is 9.49. The highest BCUT2D eigenvalue weighted by atomic mass is 35.5. The number of carboxylic acids is 1. The number of carbonyl (C=O) groups is 2. The van der Waals surface area contributed by atoms with Gasteiger partial charge < -0.3 is 25.4 Å². The van der Waals surface area contributed by atoms with Gasteiger partial charge in [0.25, 0.3) is 11.8 Å². The highest BCUT2D eigenvalue weighted by molar-refractivity contribution is 6.40. The summed E-state index contributed by atoms with van der Waals surface area (Å²) in [5, 5.41) is 10.1. The lowest BCUT2D eigenvalue weighted by Crippen LogP contribution is -2.40. The van der Waals surface area contributed by atoms with Gasteiger partial charge >= 0.3 is 5.97 Å². The van der Waals surface area contributed by atoms with E-state index in [1.54, 1.807) is 42.4 Å². The predicted octanol–water partition coefficient (Wildman–Crippen LogP) is 6.59. The number of para-hydroxylation sites is 1. The van der Waals surface area contributed by atoms with Crippen LogP contribution >= 0.6 is 23.2 Å². The molecule has 3 aromatic carbocycles. The fourth-order valence-corrected chi connectivity index (χ4v) is 5.95. The van der Waals surface area contributed by atoms with Gasteiger partial charge in [-0.05, 0) is 35.4 Å². The van der Waals surface area contributed by atoms with Gasteiger partial charge in [0.15, 0.2) is 6.73 Å². The summed E-state index contributed by atoms with van der Waals surface area (Å²) in [4.78, 5) is 32.6. The standard InChI is InChI=1S/C31H28Cl2F2N4O4/c1-37-15-21(14-36)20-11-24(32)27(25(33)12-20)29(40)39-16-19-3-2-4-22(28(19)43-17-39)18-5-6-23(30(41)42)26(13-18)38-9-7-31(34,35)8-10-38/h2-6,11-15H,7-10,16-17,36H2,1H3,(H,41,42). The molecule has 8 nitrogen and oxygen atoms in total. The van der Waals surface area contributed by atoms with Crippen molar-refractivity contribution in [2.24, 2.45) is 10.7 Å². The first-order valence-corrected chi connectivity index (χ1v) is 14.2. The number of benzene rings is 3. The average molecular weight is 629 g/mol. The zero-order valence-electron chi connectivity index (χ0n) is 23.1. The molecule has 12 heteroatoms. The largest absolute Gasteiger partial charge is 0.478 e. The highest BCUT2D eigenvalue weighted by Crippen LogP contribution is 2.40. The average Bonchev–Trinajstić information content (AvgIpc) is 2.98. The molecule has 3 N–H and O–H groups in total. The Hall–Kier alpha value is -4.15. The molecule has 1 fully saturated rings. The van der Waals surface area contributed by atoms with E-state index in [0.29, 0.717) is 33.7 Å². The van der Waals surface area contributed by atoms with Crippen LogP contribution in [-0.2, 0) is 6.54 Å². The van der Waals surface area contributed by atoms with Crippen LogP contribution in [0, 0.1) is 0 Å². The minimum atomic E-state index is -2.77. The number of hydrogen-bond donors (Lipinski definition) is 2. The van der Waals surface area contributed by atoms with Crippen LogP contribution in [-0.4, -0.2) is 60.9 Å². The van der Waals surface area contributed by atoms with Gasteiger partial charge in [-0.25, -0.2) is 13.6 Å². The molecule has 2 aliphatic rings. The summed E-state index contributed by atoms with van der Waals surface area (Å²) in [5.74, 6) is -3.79. The number of piperidine rings is 1. The number of aromatic carboxylic acids is 1. The van der Waals surface area contributed by atoms with Crippen LogP contribution < -0.4 is 15.4 Å². The number of allylic oxidation sites excluding steroid dienone is 1. The number of nitrogens with zero attached hydrogens (tertiary/aromatic N) is 3. The number of amides is 1. The lowest BCUT2D eigenvalue weighted by atomic mass is 9.96. The second kappa shape index (κ2) is 12.2. The minimum absolute atomic E-state index is 0.0345. The molecule has 0 radical (unpaired) electrons. The van der Waals surface area contributed by atoms with E-state index in [1.165, 1.54) is 17.2 Å². The molecule has 5 rings (SSSR count). The Labute approximate surface area is 257 Å². The number of halogens is 4. The SMILES string of the molecule is CN=CC(=CN)c1cc(Cl)c(C(=O)N2COc3c(cccc3-c3ccc(C(=O)O)c(N4CCC(F)(F)CC4)c3)C2)c(Cl)c1. The number of carboxylic acid groups (broad SMARTS) is 1. The lowest BCUT2D eigenvalue weighted by Gasteiger charge is -2.34. The summed E-state index contributed by atoms with van der Waals surface area (Å²) in [6, 6.07) is 13.5. The second-order valence-electron chi connectivity index (χ2n) is 10.3. The first kappa shape index (κ1) is 30.3. The van der Waals surface area contributed by atoms with Gasteiger partial charge in [0.2, 0.25) is 0 Å². The van der Waals surface area contributed by atoms with Crippen molar-refractivity contribution < 1.29 is 28.2 Å².